The molecule has 17 heavy (non-hydrogen) atoms. The van der Waals surface area contributed by atoms with Crippen molar-refractivity contribution in [1.29, 1.82) is 0 Å². The molecule has 0 unspecified atom stereocenters. The van der Waals surface area contributed by atoms with E-state index >= 15 is 0 Å². The molecule has 4 heteroatoms. The summed E-state index contributed by atoms with van der Waals surface area (Å²) in [5.41, 5.74) is 0.589. The van der Waals surface area contributed by atoms with E-state index in [1.807, 2.05) is 0 Å². The van der Waals surface area contributed by atoms with Gasteiger partial charge >= 0.3 is 0 Å². The predicted molar refractivity (Wildman–Crippen MR) is 70.2 cm³/mol. The van der Waals surface area contributed by atoms with Crippen LogP contribution in [0.5, 0.6) is 0 Å². The lowest BCUT2D eigenvalue weighted by molar-refractivity contribution is 0.126. The van der Waals surface area contributed by atoms with Gasteiger partial charge in [0.25, 0.3) is 0 Å². The third kappa shape index (κ3) is 3.12. The van der Waals surface area contributed by atoms with E-state index in [9.17, 15) is 4.39 Å². The first-order valence-corrected chi connectivity index (χ1v) is 6.86. The predicted octanol–water partition coefficient (Wildman–Crippen LogP) is 4.07. The third-order valence-corrected chi connectivity index (χ3v) is 3.91. The molecule has 1 aliphatic carbocycles. The van der Waals surface area contributed by atoms with Gasteiger partial charge in [0, 0.05) is 35.6 Å². The SMILES string of the molecule is Fc1cccc(Cl)c1CN(CCCl)C1CCC1. The van der Waals surface area contributed by atoms with Gasteiger partial charge in [0.05, 0.1) is 0 Å². The summed E-state index contributed by atoms with van der Waals surface area (Å²) in [5.74, 6) is 0.346. The molecule has 1 aliphatic rings. The summed E-state index contributed by atoms with van der Waals surface area (Å²) in [5, 5.41) is 0.504. The summed E-state index contributed by atoms with van der Waals surface area (Å²) >= 11 is 11.8. The molecule has 0 aromatic heterocycles. The zero-order chi connectivity index (χ0) is 12.3. The molecule has 0 heterocycles. The first kappa shape index (κ1) is 13.1. The first-order chi connectivity index (χ1) is 8.22. The van der Waals surface area contributed by atoms with Crippen LogP contribution < -0.4 is 0 Å². The van der Waals surface area contributed by atoms with Crippen LogP contribution >= 0.6 is 23.2 Å². The van der Waals surface area contributed by atoms with E-state index in [1.165, 1.54) is 25.3 Å². The highest BCUT2D eigenvalue weighted by Gasteiger charge is 2.25. The molecule has 1 aromatic carbocycles. The van der Waals surface area contributed by atoms with E-state index in [4.69, 9.17) is 23.2 Å². The summed E-state index contributed by atoms with van der Waals surface area (Å²) in [6.07, 6.45) is 3.63. The van der Waals surface area contributed by atoms with Gasteiger partial charge in [0.15, 0.2) is 0 Å². The molecule has 0 N–H and O–H groups in total. The number of hydrogen-bond acceptors (Lipinski definition) is 1. The minimum absolute atomic E-state index is 0.226. The molecule has 94 valence electrons. The van der Waals surface area contributed by atoms with Crippen molar-refractivity contribution >= 4 is 23.2 Å². The largest absolute Gasteiger partial charge is 0.295 e. The van der Waals surface area contributed by atoms with Gasteiger partial charge in [-0.05, 0) is 25.0 Å². The van der Waals surface area contributed by atoms with E-state index < -0.39 is 0 Å². The number of rotatable bonds is 5. The van der Waals surface area contributed by atoms with Crippen LogP contribution in [-0.4, -0.2) is 23.4 Å². The Morgan fingerprint density at radius 3 is 2.65 bits per heavy atom. The second kappa shape index (κ2) is 6.03. The topological polar surface area (TPSA) is 3.24 Å². The average molecular weight is 276 g/mol. The van der Waals surface area contributed by atoms with Crippen molar-refractivity contribution in [2.75, 3.05) is 12.4 Å². The molecular weight excluding hydrogens is 260 g/mol. The molecule has 1 nitrogen and oxygen atoms in total. The monoisotopic (exact) mass is 275 g/mol. The summed E-state index contributed by atoms with van der Waals surface area (Å²) < 4.78 is 13.7. The van der Waals surface area contributed by atoms with E-state index in [0.717, 1.165) is 6.54 Å². The molecule has 0 atom stereocenters. The molecular formula is C13H16Cl2FN. The number of benzene rings is 1. The van der Waals surface area contributed by atoms with Gasteiger partial charge in [-0.2, -0.15) is 0 Å². The maximum Gasteiger partial charge on any atom is 0.129 e. The van der Waals surface area contributed by atoms with Crippen molar-refractivity contribution in [3.63, 3.8) is 0 Å². The lowest BCUT2D eigenvalue weighted by atomic mass is 9.91. The van der Waals surface area contributed by atoms with Gasteiger partial charge in [0.1, 0.15) is 5.82 Å². The molecule has 0 bridgehead atoms. The van der Waals surface area contributed by atoms with Crippen molar-refractivity contribution in [1.82, 2.24) is 4.90 Å². The first-order valence-electron chi connectivity index (χ1n) is 5.95. The zero-order valence-corrected chi connectivity index (χ0v) is 11.1. The van der Waals surface area contributed by atoms with Crippen LogP contribution in [0.25, 0.3) is 0 Å². The van der Waals surface area contributed by atoms with Crippen LogP contribution in [0.1, 0.15) is 24.8 Å². The summed E-state index contributed by atoms with van der Waals surface area (Å²) in [7, 11) is 0. The summed E-state index contributed by atoms with van der Waals surface area (Å²) in [6.45, 7) is 1.35. The van der Waals surface area contributed by atoms with Crippen LogP contribution in [0.2, 0.25) is 5.02 Å². The highest BCUT2D eigenvalue weighted by Crippen LogP contribution is 2.28. The van der Waals surface area contributed by atoms with Crippen molar-refractivity contribution in [3.05, 3.63) is 34.6 Å². The summed E-state index contributed by atoms with van der Waals surface area (Å²) in [4.78, 5) is 2.24. The van der Waals surface area contributed by atoms with Gasteiger partial charge < -0.3 is 0 Å². The number of nitrogens with zero attached hydrogens (tertiary/aromatic N) is 1. The average Bonchev–Trinajstić information content (AvgIpc) is 2.21. The normalized spacial score (nSPS) is 16.2. The highest BCUT2D eigenvalue weighted by molar-refractivity contribution is 6.31. The molecule has 0 amide bonds. The molecule has 1 aromatic rings. The maximum absolute atomic E-state index is 13.7. The van der Waals surface area contributed by atoms with Gasteiger partial charge in [-0.1, -0.05) is 24.1 Å². The highest BCUT2D eigenvalue weighted by atomic mass is 35.5. The van der Waals surface area contributed by atoms with Crippen LogP contribution in [0.15, 0.2) is 18.2 Å². The van der Waals surface area contributed by atoms with Crippen molar-refractivity contribution in [3.8, 4) is 0 Å². The number of halogens is 3. The Balaban J connectivity index is 2.10. The minimum atomic E-state index is -0.226. The lowest BCUT2D eigenvalue weighted by Crippen LogP contribution is -2.41. The fraction of sp³-hybridized carbons (Fsp3) is 0.538. The van der Waals surface area contributed by atoms with E-state index in [1.54, 1.807) is 12.1 Å². The second-order valence-corrected chi connectivity index (χ2v) is 5.23. The van der Waals surface area contributed by atoms with Gasteiger partial charge in [-0.3, -0.25) is 4.90 Å². The Bertz CT molecular complexity index is 359. The number of hydrogen-bond donors (Lipinski definition) is 0. The molecule has 1 saturated carbocycles. The van der Waals surface area contributed by atoms with Gasteiger partial charge in [0.2, 0.25) is 0 Å². The lowest BCUT2D eigenvalue weighted by Gasteiger charge is -2.37. The van der Waals surface area contributed by atoms with Crippen LogP contribution in [0.4, 0.5) is 4.39 Å². The molecule has 0 aliphatic heterocycles. The second-order valence-electron chi connectivity index (χ2n) is 4.44. The fourth-order valence-electron chi connectivity index (χ4n) is 2.14. The van der Waals surface area contributed by atoms with Crippen LogP contribution in [0.3, 0.4) is 0 Å². The summed E-state index contributed by atoms with van der Waals surface area (Å²) in [6, 6.07) is 5.38. The zero-order valence-electron chi connectivity index (χ0n) is 9.63. The van der Waals surface area contributed by atoms with Crippen molar-refractivity contribution in [2.24, 2.45) is 0 Å². The van der Waals surface area contributed by atoms with Crippen LogP contribution in [-0.2, 0) is 6.54 Å². The third-order valence-electron chi connectivity index (χ3n) is 3.39. The maximum atomic E-state index is 13.7. The Labute approximate surface area is 112 Å². The van der Waals surface area contributed by atoms with Gasteiger partial charge in [-0.25, -0.2) is 4.39 Å². The smallest absolute Gasteiger partial charge is 0.129 e. The number of alkyl halides is 1. The van der Waals surface area contributed by atoms with Gasteiger partial charge in [-0.15, -0.1) is 11.6 Å². The molecule has 1 fully saturated rings. The standard InChI is InChI=1S/C13H16Cl2FN/c14-7-8-17(10-3-1-4-10)9-11-12(15)5-2-6-13(11)16/h2,5-6,10H,1,3-4,7-9H2. The van der Waals surface area contributed by atoms with E-state index in [0.29, 0.717) is 29.1 Å². The minimum Gasteiger partial charge on any atom is -0.295 e. The Morgan fingerprint density at radius 1 is 1.35 bits per heavy atom. The molecule has 0 spiro atoms. The Morgan fingerprint density at radius 2 is 2.12 bits per heavy atom. The van der Waals surface area contributed by atoms with Crippen molar-refractivity contribution in [2.45, 2.75) is 31.8 Å². The molecule has 0 radical (unpaired) electrons. The Kier molecular flexibility index (Phi) is 4.66. The van der Waals surface area contributed by atoms with Crippen molar-refractivity contribution < 1.29 is 4.39 Å². The van der Waals surface area contributed by atoms with Crippen LogP contribution in [0, 0.1) is 5.82 Å². The molecule has 2 rings (SSSR count). The fourth-order valence-corrected chi connectivity index (χ4v) is 2.58. The van der Waals surface area contributed by atoms with E-state index in [2.05, 4.69) is 4.90 Å². The molecule has 0 saturated heterocycles. The Hall–Kier alpha value is -0.310. The quantitative estimate of drug-likeness (QED) is 0.733. The van der Waals surface area contributed by atoms with E-state index in [-0.39, 0.29) is 5.82 Å².